The van der Waals surface area contributed by atoms with Gasteiger partial charge in [0.25, 0.3) is 0 Å². The van der Waals surface area contributed by atoms with Gasteiger partial charge in [0.1, 0.15) is 6.54 Å². The van der Waals surface area contributed by atoms with Crippen LogP contribution in [0.5, 0.6) is 0 Å². The number of hydrogen-bond acceptors (Lipinski definition) is 4. The molecular weight excluding hydrogens is 268 g/mol. The van der Waals surface area contributed by atoms with Crippen molar-refractivity contribution in [1.82, 2.24) is 5.23 Å². The van der Waals surface area contributed by atoms with Gasteiger partial charge in [0.15, 0.2) is 0 Å². The SMILES string of the molecule is C[N+]1(N(N)N2C(=O)CCc3ccccc32)CCCCC1=O. The summed E-state index contributed by atoms with van der Waals surface area (Å²) in [6.45, 7) is 0.626. The predicted molar refractivity (Wildman–Crippen MR) is 78.2 cm³/mol. The average molecular weight is 289 g/mol. The fourth-order valence-electron chi connectivity index (χ4n) is 3.11. The standard InChI is InChI=1S/C15H21N4O2/c1-19(11-5-4-8-15(19)21)18(16)17-13-7-3-2-6-12(13)9-10-14(17)20/h2-3,6-7H,4-5,8-11,16H2,1H3/q+1. The maximum absolute atomic E-state index is 12.4. The second-order valence-electron chi connectivity index (χ2n) is 5.87. The number of nitrogens with two attached hydrogens (primary N) is 1. The molecule has 6 nitrogen and oxygen atoms in total. The van der Waals surface area contributed by atoms with E-state index in [-0.39, 0.29) is 16.4 Å². The van der Waals surface area contributed by atoms with E-state index in [4.69, 9.17) is 5.84 Å². The van der Waals surface area contributed by atoms with Gasteiger partial charge >= 0.3 is 5.91 Å². The molecule has 2 amide bonds. The number of carbonyl (C=O) groups is 2. The molecule has 2 N–H and O–H groups in total. The van der Waals surface area contributed by atoms with Crippen molar-refractivity contribution in [2.24, 2.45) is 5.84 Å². The lowest BCUT2D eigenvalue weighted by Gasteiger charge is -2.45. The number of hydrazine groups is 2. The molecule has 0 aliphatic carbocycles. The van der Waals surface area contributed by atoms with Gasteiger partial charge in [-0.15, -0.1) is 0 Å². The fourth-order valence-corrected chi connectivity index (χ4v) is 3.11. The van der Waals surface area contributed by atoms with Crippen LogP contribution in [0.15, 0.2) is 24.3 Å². The van der Waals surface area contributed by atoms with Crippen LogP contribution in [0.4, 0.5) is 5.69 Å². The lowest BCUT2D eigenvalue weighted by Crippen LogP contribution is -2.72. The molecule has 2 heterocycles. The van der Waals surface area contributed by atoms with Crippen LogP contribution in [-0.2, 0) is 16.0 Å². The van der Waals surface area contributed by atoms with E-state index in [1.165, 1.54) is 10.2 Å². The molecule has 2 aliphatic heterocycles. The van der Waals surface area contributed by atoms with Crippen LogP contribution in [-0.4, -0.2) is 35.2 Å². The number of quaternary nitrogens is 1. The summed E-state index contributed by atoms with van der Waals surface area (Å²) in [6, 6.07) is 7.72. The van der Waals surface area contributed by atoms with E-state index >= 15 is 0 Å². The Bertz CT molecular complexity index is 589. The van der Waals surface area contributed by atoms with Crippen molar-refractivity contribution in [2.45, 2.75) is 32.1 Å². The molecule has 2 aliphatic rings. The highest BCUT2D eigenvalue weighted by atomic mass is 16.2. The number of aryl methyl sites for hydroxylation is 1. The molecule has 0 spiro atoms. The normalized spacial score (nSPS) is 26.1. The zero-order valence-electron chi connectivity index (χ0n) is 12.3. The summed E-state index contributed by atoms with van der Waals surface area (Å²) in [7, 11) is 1.78. The zero-order valence-corrected chi connectivity index (χ0v) is 12.3. The number of likely N-dealkylation sites (tertiary alicyclic amines) is 1. The van der Waals surface area contributed by atoms with Crippen LogP contribution >= 0.6 is 0 Å². The predicted octanol–water partition coefficient (Wildman–Crippen LogP) is 1.13. The van der Waals surface area contributed by atoms with Gasteiger partial charge in [-0.25, -0.2) is 10.6 Å². The van der Waals surface area contributed by atoms with Crippen molar-refractivity contribution in [3.63, 3.8) is 0 Å². The van der Waals surface area contributed by atoms with Gasteiger partial charge in [-0.3, -0.25) is 4.79 Å². The molecule has 0 aromatic heterocycles. The first kappa shape index (κ1) is 14.2. The molecule has 3 rings (SSSR count). The summed E-state index contributed by atoms with van der Waals surface area (Å²) >= 11 is 0. The molecule has 1 aromatic carbocycles. The number of benzene rings is 1. The van der Waals surface area contributed by atoms with Crippen molar-refractivity contribution in [3.05, 3.63) is 29.8 Å². The van der Waals surface area contributed by atoms with Crippen LogP contribution < -0.4 is 10.9 Å². The summed E-state index contributed by atoms with van der Waals surface area (Å²) in [5.74, 6) is 6.24. The van der Waals surface area contributed by atoms with Gasteiger partial charge < -0.3 is 0 Å². The minimum atomic E-state index is -0.0612. The van der Waals surface area contributed by atoms with Crippen LogP contribution in [0.2, 0.25) is 0 Å². The van der Waals surface area contributed by atoms with Crippen molar-refractivity contribution >= 4 is 17.5 Å². The highest BCUT2D eigenvalue weighted by Crippen LogP contribution is 2.31. The largest absolute Gasteiger partial charge is 0.335 e. The second kappa shape index (κ2) is 5.22. The van der Waals surface area contributed by atoms with Gasteiger partial charge in [0, 0.05) is 11.6 Å². The summed E-state index contributed by atoms with van der Waals surface area (Å²) in [4.78, 5) is 24.7. The summed E-state index contributed by atoms with van der Waals surface area (Å²) in [5, 5.41) is 2.80. The van der Waals surface area contributed by atoms with E-state index in [2.05, 4.69) is 0 Å². The first-order chi connectivity index (χ1) is 10.0. The van der Waals surface area contributed by atoms with Crippen molar-refractivity contribution in [1.29, 1.82) is 0 Å². The van der Waals surface area contributed by atoms with E-state index in [1.54, 1.807) is 7.05 Å². The van der Waals surface area contributed by atoms with E-state index in [0.29, 0.717) is 19.4 Å². The molecule has 1 fully saturated rings. The highest BCUT2D eigenvalue weighted by Gasteiger charge is 2.45. The van der Waals surface area contributed by atoms with E-state index in [1.807, 2.05) is 24.3 Å². The topological polar surface area (TPSA) is 66.6 Å². The highest BCUT2D eigenvalue weighted by molar-refractivity contribution is 5.95. The Labute approximate surface area is 124 Å². The molecule has 0 saturated carbocycles. The smallest absolute Gasteiger partial charge is 0.273 e. The Balaban J connectivity index is 1.99. The third-order valence-corrected chi connectivity index (χ3v) is 4.49. The Morgan fingerprint density at radius 3 is 2.67 bits per heavy atom. The molecule has 1 aromatic rings. The lowest BCUT2D eigenvalue weighted by molar-refractivity contribution is -0.958. The first-order valence-corrected chi connectivity index (χ1v) is 7.39. The third-order valence-electron chi connectivity index (χ3n) is 4.49. The van der Waals surface area contributed by atoms with Gasteiger partial charge in [0.05, 0.1) is 19.2 Å². The summed E-state index contributed by atoms with van der Waals surface area (Å²) in [6.07, 6.45) is 3.47. The minimum absolute atomic E-state index is 0.0416. The molecule has 0 radical (unpaired) electrons. The Kier molecular flexibility index (Phi) is 3.52. The van der Waals surface area contributed by atoms with Gasteiger partial charge in [-0.05, 0) is 30.9 Å². The average Bonchev–Trinajstić information content (AvgIpc) is 2.49. The van der Waals surface area contributed by atoms with Crippen molar-refractivity contribution in [2.75, 3.05) is 18.6 Å². The van der Waals surface area contributed by atoms with Crippen LogP contribution in [0.1, 0.15) is 31.2 Å². The number of carbonyl (C=O) groups excluding carboxylic acids is 2. The number of anilines is 1. The second-order valence-corrected chi connectivity index (χ2v) is 5.87. The summed E-state index contributed by atoms with van der Waals surface area (Å²) < 4.78 is -0.0416. The zero-order chi connectivity index (χ0) is 15.0. The number of piperidine rings is 1. The quantitative estimate of drug-likeness (QED) is 0.503. The van der Waals surface area contributed by atoms with Crippen LogP contribution in [0.25, 0.3) is 0 Å². The van der Waals surface area contributed by atoms with Gasteiger partial charge in [0.2, 0.25) is 5.91 Å². The Hall–Kier alpha value is -1.76. The molecule has 6 heteroatoms. The maximum atomic E-state index is 12.4. The Morgan fingerprint density at radius 2 is 1.90 bits per heavy atom. The number of rotatable bonds is 2. The fraction of sp³-hybridized carbons (Fsp3) is 0.467. The van der Waals surface area contributed by atoms with Gasteiger partial charge in [-0.2, -0.15) is 9.60 Å². The van der Waals surface area contributed by atoms with Crippen LogP contribution in [0, 0.1) is 0 Å². The number of hydrogen-bond donors (Lipinski definition) is 1. The summed E-state index contributed by atoms with van der Waals surface area (Å²) in [5.41, 5.74) is 1.87. The van der Waals surface area contributed by atoms with Crippen molar-refractivity contribution < 1.29 is 14.2 Å². The number of para-hydroxylation sites is 1. The Morgan fingerprint density at radius 1 is 1.14 bits per heavy atom. The molecule has 1 saturated heterocycles. The van der Waals surface area contributed by atoms with Crippen LogP contribution in [0.3, 0.4) is 0 Å². The maximum Gasteiger partial charge on any atom is 0.335 e. The van der Waals surface area contributed by atoms with E-state index in [0.717, 1.165) is 30.5 Å². The minimum Gasteiger partial charge on any atom is -0.273 e. The molecule has 112 valence electrons. The van der Waals surface area contributed by atoms with E-state index in [9.17, 15) is 9.59 Å². The first-order valence-electron chi connectivity index (χ1n) is 7.39. The molecule has 0 bridgehead atoms. The van der Waals surface area contributed by atoms with E-state index < -0.39 is 0 Å². The third kappa shape index (κ3) is 2.25. The molecular formula is C15H21N4O2+. The molecule has 1 atom stereocenters. The molecule has 1 unspecified atom stereocenters. The lowest BCUT2D eigenvalue weighted by atomic mass is 10.0. The monoisotopic (exact) mass is 289 g/mol. The van der Waals surface area contributed by atoms with Gasteiger partial charge in [-0.1, -0.05) is 18.2 Å². The number of amides is 2. The molecule has 21 heavy (non-hydrogen) atoms. The number of nitrogens with zero attached hydrogens (tertiary/aromatic N) is 3. The van der Waals surface area contributed by atoms with Crippen molar-refractivity contribution in [3.8, 4) is 0 Å². The number of fused-ring (bicyclic) bond motifs is 1.